The van der Waals surface area contributed by atoms with E-state index in [1.165, 1.54) is 6.33 Å². The van der Waals surface area contributed by atoms with Crippen LogP contribution in [-0.2, 0) is 4.79 Å². The number of amides is 1. The molecule has 1 aromatic carbocycles. The van der Waals surface area contributed by atoms with Crippen molar-refractivity contribution in [2.45, 2.75) is 31.3 Å². The van der Waals surface area contributed by atoms with Gasteiger partial charge in [0.05, 0.1) is 28.1 Å². The van der Waals surface area contributed by atoms with Crippen LogP contribution in [0, 0.1) is 0 Å². The first-order chi connectivity index (χ1) is 15.6. The van der Waals surface area contributed by atoms with E-state index in [0.29, 0.717) is 33.5 Å². The lowest BCUT2D eigenvalue weighted by Crippen LogP contribution is -2.44. The molecule has 2 saturated heterocycles. The Kier molecular flexibility index (Phi) is 6.12. The second kappa shape index (κ2) is 9.17. The number of anilines is 1. The molecule has 3 aromatic rings. The molecule has 0 radical (unpaired) electrons. The largest absolute Gasteiger partial charge is 0.360 e. The number of halogens is 2. The highest BCUT2D eigenvalue weighted by atomic mass is 35.5. The summed E-state index contributed by atoms with van der Waals surface area (Å²) in [6.07, 6.45) is 7.96. The number of nitrogens with one attached hydrogen (secondary N) is 1. The Balaban J connectivity index is 1.15. The highest BCUT2D eigenvalue weighted by molar-refractivity contribution is 6.42. The van der Waals surface area contributed by atoms with E-state index in [2.05, 4.69) is 30.3 Å². The molecule has 0 spiro atoms. The van der Waals surface area contributed by atoms with Crippen LogP contribution in [0.3, 0.4) is 0 Å². The van der Waals surface area contributed by atoms with Crippen molar-refractivity contribution in [3.05, 3.63) is 41.2 Å². The topological polar surface area (TPSA) is 92.1 Å². The van der Waals surface area contributed by atoms with Gasteiger partial charge in [-0.1, -0.05) is 23.2 Å². The lowest BCUT2D eigenvalue weighted by Gasteiger charge is -2.35. The van der Waals surface area contributed by atoms with Gasteiger partial charge in [-0.15, -0.1) is 0 Å². The van der Waals surface area contributed by atoms with Crippen molar-refractivity contribution in [2.24, 2.45) is 0 Å². The number of carbonyl (C=O) groups excluding carboxylic acids is 1. The van der Waals surface area contributed by atoms with Gasteiger partial charge in [-0.3, -0.25) is 9.69 Å². The van der Waals surface area contributed by atoms with E-state index in [0.717, 1.165) is 50.8 Å². The maximum Gasteiger partial charge on any atom is 0.241 e. The smallest absolute Gasteiger partial charge is 0.241 e. The zero-order valence-corrected chi connectivity index (χ0v) is 19.0. The van der Waals surface area contributed by atoms with Crippen LogP contribution in [0.4, 0.5) is 5.82 Å². The minimum absolute atomic E-state index is 0.0665. The number of aromatic nitrogens is 5. The lowest BCUT2D eigenvalue weighted by atomic mass is 10.0. The van der Waals surface area contributed by atoms with Crippen molar-refractivity contribution in [2.75, 3.05) is 38.0 Å². The number of rotatable bonds is 5. The molecule has 0 aliphatic carbocycles. The van der Waals surface area contributed by atoms with Crippen LogP contribution in [0.2, 0.25) is 10.0 Å². The van der Waals surface area contributed by atoms with Gasteiger partial charge in [0.25, 0.3) is 0 Å². The average molecular weight is 475 g/mol. The molecule has 2 aliphatic rings. The van der Waals surface area contributed by atoms with E-state index in [1.807, 2.05) is 9.58 Å². The third-order valence-electron chi connectivity index (χ3n) is 6.43. The van der Waals surface area contributed by atoms with E-state index in [-0.39, 0.29) is 12.5 Å². The molecule has 9 nitrogen and oxygen atoms in total. The number of hydrogen-bond donors (Lipinski definition) is 1. The number of likely N-dealkylation sites (tertiary alicyclic amines) is 2. The number of benzene rings is 1. The SMILES string of the molecule is O=C(CNc1ncnc2cc(Cl)c(Cl)cc12)N1CCC(N2CCC(n3cncn3)CC2)C1. The predicted molar refractivity (Wildman–Crippen MR) is 123 cm³/mol. The minimum atomic E-state index is 0.0665. The maximum absolute atomic E-state index is 12.8. The van der Waals surface area contributed by atoms with Crippen LogP contribution in [-0.4, -0.2) is 79.2 Å². The third kappa shape index (κ3) is 4.37. The van der Waals surface area contributed by atoms with Crippen molar-refractivity contribution >= 4 is 45.8 Å². The molecule has 2 fully saturated rings. The molecule has 2 aliphatic heterocycles. The van der Waals surface area contributed by atoms with Gasteiger partial charge in [0.1, 0.15) is 24.8 Å². The summed E-state index contributed by atoms with van der Waals surface area (Å²) >= 11 is 12.2. The first kappa shape index (κ1) is 21.4. The van der Waals surface area contributed by atoms with E-state index < -0.39 is 0 Å². The molecule has 11 heteroatoms. The average Bonchev–Trinajstić information content (AvgIpc) is 3.51. The van der Waals surface area contributed by atoms with Crippen molar-refractivity contribution in [1.82, 2.24) is 34.5 Å². The summed E-state index contributed by atoms with van der Waals surface area (Å²) in [4.78, 5) is 29.9. The van der Waals surface area contributed by atoms with Gasteiger partial charge in [0, 0.05) is 37.6 Å². The van der Waals surface area contributed by atoms with E-state index in [1.54, 1.807) is 24.8 Å². The summed E-state index contributed by atoms with van der Waals surface area (Å²) in [5.41, 5.74) is 0.680. The summed E-state index contributed by atoms with van der Waals surface area (Å²) in [5, 5.41) is 9.04. The summed E-state index contributed by atoms with van der Waals surface area (Å²) in [6.45, 7) is 3.76. The summed E-state index contributed by atoms with van der Waals surface area (Å²) < 4.78 is 1.96. The van der Waals surface area contributed by atoms with Gasteiger partial charge >= 0.3 is 0 Å². The molecule has 0 bridgehead atoms. The van der Waals surface area contributed by atoms with Crippen molar-refractivity contribution < 1.29 is 4.79 Å². The van der Waals surface area contributed by atoms with Gasteiger partial charge in [-0.25, -0.2) is 19.6 Å². The normalized spacial score (nSPS) is 20.2. The van der Waals surface area contributed by atoms with Crippen LogP contribution >= 0.6 is 23.2 Å². The number of fused-ring (bicyclic) bond motifs is 1. The second-order valence-corrected chi connectivity index (χ2v) is 9.10. The molecule has 1 N–H and O–H groups in total. The second-order valence-electron chi connectivity index (χ2n) is 8.28. The fraction of sp³-hybridized carbons (Fsp3) is 0.476. The summed E-state index contributed by atoms with van der Waals surface area (Å²) in [6, 6.07) is 4.26. The molecule has 168 valence electrons. The van der Waals surface area contributed by atoms with Crippen LogP contribution in [0.1, 0.15) is 25.3 Å². The Hall–Kier alpha value is -2.49. The highest BCUT2D eigenvalue weighted by Gasteiger charge is 2.32. The monoisotopic (exact) mass is 474 g/mol. The highest BCUT2D eigenvalue weighted by Crippen LogP contribution is 2.30. The molecule has 5 rings (SSSR count). The third-order valence-corrected chi connectivity index (χ3v) is 7.15. The fourth-order valence-electron chi connectivity index (χ4n) is 4.65. The zero-order valence-electron chi connectivity index (χ0n) is 17.5. The van der Waals surface area contributed by atoms with Gasteiger partial charge in [-0.05, 0) is 31.4 Å². The Morgan fingerprint density at radius 1 is 1.03 bits per heavy atom. The fourth-order valence-corrected chi connectivity index (χ4v) is 4.97. The van der Waals surface area contributed by atoms with Crippen LogP contribution in [0.25, 0.3) is 10.9 Å². The molecule has 32 heavy (non-hydrogen) atoms. The quantitative estimate of drug-likeness (QED) is 0.607. The molecule has 1 atom stereocenters. The van der Waals surface area contributed by atoms with Gasteiger partial charge in [-0.2, -0.15) is 5.10 Å². The molecule has 0 saturated carbocycles. The van der Waals surface area contributed by atoms with E-state index >= 15 is 0 Å². The van der Waals surface area contributed by atoms with Crippen molar-refractivity contribution in [3.8, 4) is 0 Å². The number of hydrogen-bond acceptors (Lipinski definition) is 7. The molecule has 1 unspecified atom stereocenters. The molecule has 1 amide bonds. The molecular formula is C21H24Cl2N8O. The summed E-state index contributed by atoms with van der Waals surface area (Å²) in [7, 11) is 0. The first-order valence-corrected chi connectivity index (χ1v) is 11.5. The van der Waals surface area contributed by atoms with Crippen molar-refractivity contribution in [1.29, 1.82) is 0 Å². The first-order valence-electron chi connectivity index (χ1n) is 10.8. The number of nitrogens with zero attached hydrogens (tertiary/aromatic N) is 7. The van der Waals surface area contributed by atoms with Crippen molar-refractivity contribution in [3.63, 3.8) is 0 Å². The Labute approximate surface area is 195 Å². The molecule has 2 aromatic heterocycles. The van der Waals surface area contributed by atoms with Crippen LogP contribution in [0.15, 0.2) is 31.1 Å². The van der Waals surface area contributed by atoms with Crippen LogP contribution < -0.4 is 5.32 Å². The standard InChI is InChI=1S/C21H24Cl2N8O/c22-17-7-16-19(8-18(17)23)26-12-27-21(16)25-9-20(32)30-6-3-15(10-30)29-4-1-14(2-5-29)31-13-24-11-28-31/h7-8,11-15H,1-6,9-10H2,(H,25,26,27). The Morgan fingerprint density at radius 2 is 1.81 bits per heavy atom. The number of piperidine rings is 1. The minimum Gasteiger partial charge on any atom is -0.360 e. The Morgan fingerprint density at radius 3 is 2.59 bits per heavy atom. The van der Waals surface area contributed by atoms with Gasteiger partial charge in [0.2, 0.25) is 5.91 Å². The van der Waals surface area contributed by atoms with E-state index in [4.69, 9.17) is 23.2 Å². The molecule has 4 heterocycles. The zero-order chi connectivity index (χ0) is 22.1. The Bertz CT molecular complexity index is 1100. The van der Waals surface area contributed by atoms with Gasteiger partial charge < -0.3 is 10.2 Å². The van der Waals surface area contributed by atoms with Gasteiger partial charge in [0.15, 0.2) is 0 Å². The number of carbonyl (C=O) groups is 1. The van der Waals surface area contributed by atoms with E-state index in [9.17, 15) is 4.79 Å². The lowest BCUT2D eigenvalue weighted by molar-refractivity contribution is -0.128. The molecular weight excluding hydrogens is 451 g/mol. The maximum atomic E-state index is 12.8. The summed E-state index contributed by atoms with van der Waals surface area (Å²) in [5.74, 6) is 0.643. The predicted octanol–water partition coefficient (Wildman–Crippen LogP) is 2.88. The van der Waals surface area contributed by atoms with Crippen LogP contribution in [0.5, 0.6) is 0 Å².